The number of carbonyl (C=O) groups is 1. The largest absolute Gasteiger partial charge is 0.457 e. The van der Waals surface area contributed by atoms with E-state index in [1.165, 1.54) is 6.08 Å². The summed E-state index contributed by atoms with van der Waals surface area (Å²) in [5.74, 6) is -0.932. The van der Waals surface area contributed by atoms with Crippen LogP contribution in [0.5, 0.6) is 0 Å². The molecule has 2 N–H and O–H groups in total. The number of aliphatic hydroxyl groups excluding tert-OH is 2. The van der Waals surface area contributed by atoms with Crippen molar-refractivity contribution in [3.05, 3.63) is 47.5 Å². The first kappa shape index (κ1) is 33.1. The summed E-state index contributed by atoms with van der Waals surface area (Å²) in [6, 6.07) is 10.1. The Hall–Kier alpha value is -1.81. The molecule has 0 bridgehead atoms. The average Bonchev–Trinajstić information content (AvgIpc) is 3.21. The van der Waals surface area contributed by atoms with Crippen molar-refractivity contribution in [2.24, 2.45) is 11.8 Å². The van der Waals surface area contributed by atoms with E-state index in [0.717, 1.165) is 24.0 Å². The summed E-state index contributed by atoms with van der Waals surface area (Å²) in [6.45, 7) is 14.6. The summed E-state index contributed by atoms with van der Waals surface area (Å²) in [5, 5.41) is 22.0. The standard InChI is InChI=1S/C34H52O8/c1-22(23(2)18-30(36)42-32(4,5)6)17-27(35)31(37)28-13-14-29-33(7,40-28)15-16-34(41-29)24(3)19-26(39-34)21-38-20-25-11-9-8-10-12-25/h8-12,18,22,24,26-29,31,35,37H,13-17,19-21H2,1-7H3/b23-18+/t22-,24+,26-,27-,28?,29?,31+,33?,34?/m1/s1. The molecule has 4 rings (SSSR count). The van der Waals surface area contributed by atoms with Gasteiger partial charge in [-0.3, -0.25) is 0 Å². The second-order valence-electron chi connectivity index (χ2n) is 14.0. The Morgan fingerprint density at radius 3 is 2.52 bits per heavy atom. The van der Waals surface area contributed by atoms with Crippen LogP contribution in [0.4, 0.5) is 0 Å². The van der Waals surface area contributed by atoms with Crippen LogP contribution in [-0.2, 0) is 35.1 Å². The van der Waals surface area contributed by atoms with Gasteiger partial charge in [0.1, 0.15) is 11.7 Å². The number of hydrogen-bond acceptors (Lipinski definition) is 8. The van der Waals surface area contributed by atoms with Crippen LogP contribution in [0.3, 0.4) is 0 Å². The first-order valence-corrected chi connectivity index (χ1v) is 15.6. The molecule has 1 spiro atoms. The van der Waals surface area contributed by atoms with Gasteiger partial charge in [-0.15, -0.1) is 0 Å². The van der Waals surface area contributed by atoms with E-state index < -0.39 is 41.3 Å². The van der Waals surface area contributed by atoms with Gasteiger partial charge in [-0.25, -0.2) is 4.79 Å². The second-order valence-corrected chi connectivity index (χ2v) is 14.0. The van der Waals surface area contributed by atoms with Crippen LogP contribution in [0.15, 0.2) is 42.0 Å². The Kier molecular flexibility index (Phi) is 10.6. The molecular formula is C34H52O8. The van der Waals surface area contributed by atoms with Gasteiger partial charge in [0.25, 0.3) is 0 Å². The maximum absolute atomic E-state index is 12.2. The van der Waals surface area contributed by atoms with Gasteiger partial charge in [-0.1, -0.05) is 49.8 Å². The van der Waals surface area contributed by atoms with Crippen molar-refractivity contribution in [2.45, 2.75) is 141 Å². The van der Waals surface area contributed by atoms with Crippen LogP contribution in [-0.4, -0.2) is 70.3 Å². The Balaban J connectivity index is 1.27. The van der Waals surface area contributed by atoms with Gasteiger partial charge in [-0.05, 0) is 78.2 Å². The van der Waals surface area contributed by atoms with Crippen molar-refractivity contribution in [1.82, 2.24) is 0 Å². The summed E-state index contributed by atoms with van der Waals surface area (Å²) < 4.78 is 31.1. The molecule has 3 saturated heterocycles. The molecule has 3 heterocycles. The zero-order valence-corrected chi connectivity index (χ0v) is 26.5. The normalized spacial score (nSPS) is 34.1. The molecule has 42 heavy (non-hydrogen) atoms. The van der Waals surface area contributed by atoms with Gasteiger partial charge in [0.2, 0.25) is 0 Å². The first-order chi connectivity index (χ1) is 19.7. The molecule has 1 aromatic carbocycles. The highest BCUT2D eigenvalue weighted by Crippen LogP contribution is 2.51. The molecule has 0 saturated carbocycles. The minimum atomic E-state index is -1.04. The third-order valence-electron chi connectivity index (χ3n) is 9.18. The number of allylic oxidation sites excluding steroid dienone is 1. The van der Waals surface area contributed by atoms with Crippen LogP contribution in [0.1, 0.15) is 92.6 Å². The van der Waals surface area contributed by atoms with Crippen molar-refractivity contribution < 1.29 is 38.7 Å². The lowest BCUT2D eigenvalue weighted by Crippen LogP contribution is -2.61. The first-order valence-electron chi connectivity index (χ1n) is 15.6. The lowest BCUT2D eigenvalue weighted by molar-refractivity contribution is -0.350. The molecule has 3 aliphatic heterocycles. The van der Waals surface area contributed by atoms with Gasteiger partial charge in [0.15, 0.2) is 5.79 Å². The minimum Gasteiger partial charge on any atom is -0.457 e. The molecule has 4 unspecified atom stereocenters. The van der Waals surface area contributed by atoms with Gasteiger partial charge in [0, 0.05) is 18.4 Å². The van der Waals surface area contributed by atoms with E-state index in [1.54, 1.807) is 0 Å². The molecule has 0 aliphatic carbocycles. The Morgan fingerprint density at radius 1 is 1.12 bits per heavy atom. The summed E-state index contributed by atoms with van der Waals surface area (Å²) in [7, 11) is 0. The fourth-order valence-corrected chi connectivity index (χ4v) is 6.52. The van der Waals surface area contributed by atoms with E-state index in [1.807, 2.05) is 59.7 Å². The lowest BCUT2D eigenvalue weighted by Gasteiger charge is -2.54. The maximum Gasteiger partial charge on any atom is 0.331 e. The zero-order chi connectivity index (χ0) is 30.7. The molecule has 8 heteroatoms. The van der Waals surface area contributed by atoms with Crippen molar-refractivity contribution in [3.8, 4) is 0 Å². The van der Waals surface area contributed by atoms with Gasteiger partial charge in [-0.2, -0.15) is 0 Å². The topological polar surface area (TPSA) is 104 Å². The van der Waals surface area contributed by atoms with E-state index in [-0.39, 0.29) is 24.0 Å². The van der Waals surface area contributed by atoms with Crippen molar-refractivity contribution in [2.75, 3.05) is 6.61 Å². The number of esters is 1. The number of hydrogen-bond donors (Lipinski definition) is 2. The molecule has 9 atom stereocenters. The highest BCUT2D eigenvalue weighted by Gasteiger charge is 2.58. The number of rotatable bonds is 10. The van der Waals surface area contributed by atoms with Crippen LogP contribution < -0.4 is 0 Å². The third kappa shape index (κ3) is 8.21. The predicted octanol–water partition coefficient (Wildman–Crippen LogP) is 5.48. The minimum absolute atomic E-state index is 0.0166. The molecule has 1 aromatic rings. The van der Waals surface area contributed by atoms with E-state index in [0.29, 0.717) is 38.9 Å². The number of fused-ring (bicyclic) bond motifs is 1. The molecule has 3 fully saturated rings. The summed E-state index contributed by atoms with van der Waals surface area (Å²) in [6.07, 6.45) is 2.70. The number of carbonyl (C=O) groups excluding carboxylic acids is 1. The summed E-state index contributed by atoms with van der Waals surface area (Å²) >= 11 is 0. The molecule has 3 aliphatic rings. The van der Waals surface area contributed by atoms with Crippen molar-refractivity contribution in [3.63, 3.8) is 0 Å². The fourth-order valence-electron chi connectivity index (χ4n) is 6.52. The Morgan fingerprint density at radius 2 is 1.83 bits per heavy atom. The molecule has 0 amide bonds. The molecule has 8 nitrogen and oxygen atoms in total. The second kappa shape index (κ2) is 13.4. The Bertz CT molecular complexity index is 1070. The van der Waals surface area contributed by atoms with E-state index in [9.17, 15) is 15.0 Å². The smallest absolute Gasteiger partial charge is 0.331 e. The quantitative estimate of drug-likeness (QED) is 0.274. The van der Waals surface area contributed by atoms with E-state index in [2.05, 4.69) is 19.1 Å². The molecule has 0 aromatic heterocycles. The SMILES string of the molecule is C/C(=C\C(=O)OC(C)(C)C)[C@H](C)C[C@@H](O)[C@H](O)C1CCC2OC3(CCC2(C)O1)O[C@@H](COCc1ccccc1)C[C@@H]3C. The number of ether oxygens (including phenoxy) is 5. The number of benzene rings is 1. The van der Waals surface area contributed by atoms with E-state index >= 15 is 0 Å². The van der Waals surface area contributed by atoms with Gasteiger partial charge >= 0.3 is 5.97 Å². The van der Waals surface area contributed by atoms with E-state index in [4.69, 9.17) is 23.7 Å². The predicted molar refractivity (Wildman–Crippen MR) is 159 cm³/mol. The van der Waals surface area contributed by atoms with Crippen molar-refractivity contribution in [1.29, 1.82) is 0 Å². The molecule has 236 valence electrons. The van der Waals surface area contributed by atoms with Gasteiger partial charge < -0.3 is 33.9 Å². The van der Waals surface area contributed by atoms with Crippen molar-refractivity contribution >= 4 is 5.97 Å². The highest BCUT2D eigenvalue weighted by atomic mass is 16.7. The van der Waals surface area contributed by atoms with Crippen LogP contribution in [0.2, 0.25) is 0 Å². The molecule has 0 radical (unpaired) electrons. The lowest BCUT2D eigenvalue weighted by atomic mass is 9.78. The maximum atomic E-state index is 12.2. The fraction of sp³-hybridized carbons (Fsp3) is 0.735. The zero-order valence-electron chi connectivity index (χ0n) is 26.5. The van der Waals surface area contributed by atoms with Crippen LogP contribution >= 0.6 is 0 Å². The average molecular weight is 589 g/mol. The summed E-state index contributed by atoms with van der Waals surface area (Å²) in [5.41, 5.74) is 0.804. The van der Waals surface area contributed by atoms with Crippen LogP contribution in [0.25, 0.3) is 0 Å². The third-order valence-corrected chi connectivity index (χ3v) is 9.18. The van der Waals surface area contributed by atoms with Crippen LogP contribution in [0, 0.1) is 11.8 Å². The summed E-state index contributed by atoms with van der Waals surface area (Å²) in [4.78, 5) is 12.2. The monoisotopic (exact) mass is 588 g/mol. The number of aliphatic hydroxyl groups is 2. The molecular weight excluding hydrogens is 536 g/mol. The highest BCUT2D eigenvalue weighted by molar-refractivity contribution is 5.83. The Labute approximate surface area is 251 Å². The van der Waals surface area contributed by atoms with Gasteiger partial charge in [0.05, 0.1) is 43.2 Å².